The van der Waals surface area contributed by atoms with Crippen molar-refractivity contribution in [1.29, 1.82) is 0 Å². The second kappa shape index (κ2) is 8.59. The van der Waals surface area contributed by atoms with Gasteiger partial charge >= 0.3 is 0 Å². The minimum absolute atomic E-state index is 0.206. The van der Waals surface area contributed by atoms with Gasteiger partial charge in [0.1, 0.15) is 11.6 Å². The highest BCUT2D eigenvalue weighted by molar-refractivity contribution is 7.94. The predicted octanol–water partition coefficient (Wildman–Crippen LogP) is 4.45. The maximum absolute atomic E-state index is 13.5. The van der Waals surface area contributed by atoms with Gasteiger partial charge in [-0.05, 0) is 59.2 Å². The van der Waals surface area contributed by atoms with Crippen molar-refractivity contribution in [3.8, 4) is 5.75 Å². The number of sulfone groups is 1. The lowest BCUT2D eigenvalue weighted by Crippen LogP contribution is -2.26. The summed E-state index contributed by atoms with van der Waals surface area (Å²) in [7, 11) is -1.74. The van der Waals surface area contributed by atoms with E-state index in [1.54, 1.807) is 66.6 Å². The van der Waals surface area contributed by atoms with E-state index in [4.69, 9.17) is 4.74 Å². The highest BCUT2D eigenvalue weighted by Crippen LogP contribution is 2.37. The van der Waals surface area contributed by atoms with Crippen LogP contribution in [0.5, 0.6) is 5.75 Å². The highest BCUT2D eigenvalue weighted by atomic mass is 32.2. The summed E-state index contributed by atoms with van der Waals surface area (Å²) in [6, 6.07) is 13.0. The van der Waals surface area contributed by atoms with Gasteiger partial charge in [-0.25, -0.2) is 12.8 Å². The van der Waals surface area contributed by atoms with Crippen molar-refractivity contribution < 1.29 is 22.3 Å². The summed E-state index contributed by atoms with van der Waals surface area (Å²) in [4.78, 5) is 15.4. The van der Waals surface area contributed by atoms with Crippen LogP contribution < -0.4 is 9.64 Å². The quantitative estimate of drug-likeness (QED) is 0.674. The van der Waals surface area contributed by atoms with E-state index in [2.05, 4.69) is 0 Å². The van der Waals surface area contributed by atoms with Gasteiger partial charge in [-0.3, -0.25) is 4.79 Å². The van der Waals surface area contributed by atoms with Gasteiger partial charge in [-0.2, -0.15) is 0 Å². The Kier molecular flexibility index (Phi) is 5.84. The molecule has 1 aliphatic carbocycles. The number of hydrogen-bond acceptors (Lipinski definition) is 4. The molecule has 1 heterocycles. The summed E-state index contributed by atoms with van der Waals surface area (Å²) in [5.74, 6) is 0.0884. The van der Waals surface area contributed by atoms with Gasteiger partial charge < -0.3 is 9.64 Å². The van der Waals surface area contributed by atoms with Gasteiger partial charge in [0.15, 0.2) is 9.84 Å². The Morgan fingerprint density at radius 1 is 1.00 bits per heavy atom. The zero-order valence-corrected chi connectivity index (χ0v) is 18.5. The average Bonchev–Trinajstić information content (AvgIpc) is 2.94. The Morgan fingerprint density at radius 2 is 1.69 bits per heavy atom. The van der Waals surface area contributed by atoms with Crippen LogP contribution in [0.15, 0.2) is 88.9 Å². The fraction of sp³-hybridized carbons (Fsp3) is 0.160. The smallest absolute Gasteiger partial charge is 0.259 e. The summed E-state index contributed by atoms with van der Waals surface area (Å²) >= 11 is 0. The molecule has 2 aliphatic rings. The maximum atomic E-state index is 13.5. The number of carbonyl (C=O) groups excluding carboxylic acids is 1. The Morgan fingerprint density at radius 3 is 2.31 bits per heavy atom. The van der Waals surface area contributed by atoms with Gasteiger partial charge in [-0.15, -0.1) is 0 Å². The van der Waals surface area contributed by atoms with Crippen molar-refractivity contribution in [3.63, 3.8) is 0 Å². The van der Waals surface area contributed by atoms with Gasteiger partial charge in [-0.1, -0.05) is 30.4 Å². The zero-order chi connectivity index (χ0) is 22.9. The van der Waals surface area contributed by atoms with Gasteiger partial charge in [0.2, 0.25) is 0 Å². The standard InChI is InChI=1S/C25H22FNO4S/c1-31-21-13-11-20(12-14-21)27-16-23(17-4-3-5-22(15-8-17)32(2,29)30)24(25(27)28)18-6-9-19(26)10-7-18/h3-4,6-15H,5,16H2,1-2H3. The first kappa shape index (κ1) is 21.8. The number of benzene rings is 2. The molecule has 5 nitrogen and oxygen atoms in total. The van der Waals surface area contributed by atoms with Crippen LogP contribution in [0.1, 0.15) is 12.0 Å². The zero-order valence-electron chi connectivity index (χ0n) is 17.7. The van der Waals surface area contributed by atoms with Crippen LogP contribution >= 0.6 is 0 Å². The number of carbonyl (C=O) groups is 1. The molecule has 4 rings (SSSR count). The van der Waals surface area contributed by atoms with E-state index < -0.39 is 9.84 Å². The first-order valence-corrected chi connectivity index (χ1v) is 11.9. The number of halogens is 1. The third kappa shape index (κ3) is 4.29. The summed E-state index contributed by atoms with van der Waals surface area (Å²) in [6.07, 6.45) is 8.39. The highest BCUT2D eigenvalue weighted by Gasteiger charge is 2.33. The summed E-state index contributed by atoms with van der Waals surface area (Å²) in [6.45, 7) is 0.302. The van der Waals surface area contributed by atoms with Gasteiger partial charge in [0, 0.05) is 23.3 Å². The molecule has 2 aromatic rings. The topological polar surface area (TPSA) is 63.7 Å². The van der Waals surface area contributed by atoms with Crippen LogP contribution in [-0.2, 0) is 14.6 Å². The Bertz CT molecular complexity index is 1280. The van der Waals surface area contributed by atoms with Crippen molar-refractivity contribution >= 4 is 27.0 Å². The first-order chi connectivity index (χ1) is 15.3. The number of methoxy groups -OCH3 is 1. The lowest BCUT2D eigenvalue weighted by molar-refractivity contribution is -0.112. The molecule has 1 aliphatic heterocycles. The number of anilines is 1. The van der Waals surface area contributed by atoms with Gasteiger partial charge in [0.05, 0.1) is 19.2 Å². The van der Waals surface area contributed by atoms with Crippen LogP contribution in [0.2, 0.25) is 0 Å². The second-order valence-corrected chi connectivity index (χ2v) is 9.65. The van der Waals surface area contributed by atoms with Crippen molar-refractivity contribution in [3.05, 3.63) is 100 Å². The molecule has 0 bridgehead atoms. The van der Waals surface area contributed by atoms with Crippen LogP contribution in [0, 0.1) is 5.82 Å². The van der Waals surface area contributed by atoms with Crippen LogP contribution in [-0.4, -0.2) is 34.2 Å². The maximum Gasteiger partial charge on any atom is 0.259 e. The fourth-order valence-electron chi connectivity index (χ4n) is 3.78. The minimum Gasteiger partial charge on any atom is -0.497 e. The summed E-state index contributed by atoms with van der Waals surface area (Å²) < 4.78 is 42.7. The number of nitrogens with zero attached hydrogens (tertiary/aromatic N) is 1. The first-order valence-electron chi connectivity index (χ1n) is 10.0. The van der Waals surface area contributed by atoms with Crippen LogP contribution in [0.25, 0.3) is 5.57 Å². The monoisotopic (exact) mass is 451 g/mol. The van der Waals surface area contributed by atoms with E-state index >= 15 is 0 Å². The largest absolute Gasteiger partial charge is 0.497 e. The fourth-order valence-corrected chi connectivity index (χ4v) is 4.49. The molecule has 0 N–H and O–H groups in total. The molecule has 0 radical (unpaired) electrons. The Balaban J connectivity index is 1.81. The van der Waals surface area contributed by atoms with Gasteiger partial charge in [0.25, 0.3) is 5.91 Å². The van der Waals surface area contributed by atoms with Crippen molar-refractivity contribution in [2.45, 2.75) is 6.42 Å². The van der Waals surface area contributed by atoms with Crippen molar-refractivity contribution in [2.75, 3.05) is 24.8 Å². The van der Waals surface area contributed by atoms with Crippen LogP contribution in [0.3, 0.4) is 0 Å². The summed E-state index contributed by atoms with van der Waals surface area (Å²) in [5, 5.41) is 0. The lowest BCUT2D eigenvalue weighted by atomic mass is 9.96. The van der Waals surface area contributed by atoms with E-state index in [0.717, 1.165) is 11.1 Å². The second-order valence-electron chi connectivity index (χ2n) is 7.58. The predicted molar refractivity (Wildman–Crippen MR) is 123 cm³/mol. The molecule has 0 saturated carbocycles. The van der Waals surface area contributed by atoms with Crippen LogP contribution in [0.4, 0.5) is 10.1 Å². The third-order valence-electron chi connectivity index (χ3n) is 5.48. The Hall–Kier alpha value is -3.45. The molecule has 2 aromatic carbocycles. The minimum atomic E-state index is -3.32. The molecule has 1 amide bonds. The molecular formula is C25H22FNO4S. The Labute approximate surface area is 186 Å². The third-order valence-corrected chi connectivity index (χ3v) is 6.74. The van der Waals surface area contributed by atoms with E-state index in [1.807, 2.05) is 6.08 Å². The number of allylic oxidation sites excluding steroid dienone is 5. The van der Waals surface area contributed by atoms with E-state index in [1.165, 1.54) is 18.4 Å². The van der Waals surface area contributed by atoms with E-state index in [-0.39, 0.29) is 18.1 Å². The summed E-state index contributed by atoms with van der Waals surface area (Å²) in [5.41, 5.74) is 3.27. The number of rotatable bonds is 5. The van der Waals surface area contributed by atoms with Crippen molar-refractivity contribution in [1.82, 2.24) is 0 Å². The molecular weight excluding hydrogens is 429 g/mol. The molecule has 0 saturated heterocycles. The SMILES string of the molecule is COc1ccc(N2CC(C3=CC=C(S(C)(=O)=O)CC=C3)=C(c3ccc(F)cc3)C2=O)cc1. The molecule has 32 heavy (non-hydrogen) atoms. The normalized spacial score (nSPS) is 16.7. The molecule has 0 unspecified atom stereocenters. The number of hydrogen-bond donors (Lipinski definition) is 0. The number of amides is 1. The average molecular weight is 452 g/mol. The number of ether oxygens (including phenoxy) is 1. The molecule has 0 atom stereocenters. The van der Waals surface area contributed by atoms with Crippen molar-refractivity contribution in [2.24, 2.45) is 0 Å². The van der Waals surface area contributed by atoms with E-state index in [9.17, 15) is 17.6 Å². The molecule has 0 fully saturated rings. The molecule has 7 heteroatoms. The molecule has 164 valence electrons. The molecule has 0 aromatic heterocycles. The van der Waals surface area contributed by atoms with E-state index in [0.29, 0.717) is 34.0 Å². The molecule has 0 spiro atoms. The lowest BCUT2D eigenvalue weighted by Gasteiger charge is -2.17.